The Labute approximate surface area is 93.8 Å². The third-order valence-electron chi connectivity index (χ3n) is 3.17. The third-order valence-corrected chi connectivity index (χ3v) is 3.72. The highest BCUT2D eigenvalue weighted by molar-refractivity contribution is 6.21. The van der Waals surface area contributed by atoms with E-state index in [0.29, 0.717) is 0 Å². The molecule has 2 aromatic rings. The van der Waals surface area contributed by atoms with E-state index in [9.17, 15) is 0 Å². The average molecular weight is 221 g/mol. The number of halogens is 1. The lowest BCUT2D eigenvalue weighted by Gasteiger charge is -2.28. The summed E-state index contributed by atoms with van der Waals surface area (Å²) in [5.41, 5.74) is 3.77. The molecule has 1 N–H and O–H groups in total. The molecule has 3 heteroatoms. The summed E-state index contributed by atoms with van der Waals surface area (Å²) in [4.78, 5) is 5.64. The predicted molar refractivity (Wildman–Crippen MR) is 63.2 cm³/mol. The monoisotopic (exact) mass is 220 g/mol. The van der Waals surface area contributed by atoms with Gasteiger partial charge in [-0.05, 0) is 13.1 Å². The largest absolute Gasteiger partial charge is 0.358 e. The van der Waals surface area contributed by atoms with Crippen LogP contribution in [0.1, 0.15) is 16.8 Å². The van der Waals surface area contributed by atoms with Gasteiger partial charge >= 0.3 is 0 Å². The zero-order chi connectivity index (χ0) is 10.4. The fourth-order valence-corrected chi connectivity index (χ4v) is 2.66. The van der Waals surface area contributed by atoms with E-state index in [1.807, 2.05) is 0 Å². The predicted octanol–water partition coefficient (Wildman–Crippen LogP) is 2.89. The summed E-state index contributed by atoms with van der Waals surface area (Å²) in [5.74, 6) is 0. The lowest BCUT2D eigenvalue weighted by atomic mass is 10.0. The molecular formula is C12H13ClN2. The minimum absolute atomic E-state index is 0.00454. The van der Waals surface area contributed by atoms with Crippen molar-refractivity contribution in [2.75, 3.05) is 13.6 Å². The number of aromatic nitrogens is 1. The van der Waals surface area contributed by atoms with Gasteiger partial charge in [-0.3, -0.25) is 4.90 Å². The normalized spacial score (nSPS) is 21.9. The molecule has 78 valence electrons. The fraction of sp³-hybridized carbons (Fsp3) is 0.333. The zero-order valence-corrected chi connectivity index (χ0v) is 9.38. The molecule has 15 heavy (non-hydrogen) atoms. The van der Waals surface area contributed by atoms with Gasteiger partial charge in [-0.2, -0.15) is 0 Å². The van der Waals surface area contributed by atoms with Crippen LogP contribution in [0.25, 0.3) is 10.9 Å². The molecule has 0 fully saturated rings. The number of alkyl halides is 1. The smallest absolute Gasteiger partial charge is 0.113 e. The summed E-state index contributed by atoms with van der Waals surface area (Å²) in [6.45, 7) is 1.02. The molecule has 1 aromatic heterocycles. The van der Waals surface area contributed by atoms with Crippen LogP contribution in [0.4, 0.5) is 0 Å². The number of nitrogens with zero attached hydrogens (tertiary/aromatic N) is 1. The number of fused-ring (bicyclic) bond motifs is 3. The number of H-pyrrole nitrogens is 1. The molecule has 1 aliphatic rings. The quantitative estimate of drug-likeness (QED) is 0.534. The molecule has 1 aromatic carbocycles. The van der Waals surface area contributed by atoms with Gasteiger partial charge in [-0.1, -0.05) is 18.2 Å². The van der Waals surface area contributed by atoms with Crippen molar-refractivity contribution in [1.29, 1.82) is 0 Å². The molecular weight excluding hydrogens is 208 g/mol. The highest BCUT2D eigenvalue weighted by Crippen LogP contribution is 2.36. The SMILES string of the molecule is CN1CCc2[nH]c3ccccc3c2C1Cl. The molecule has 3 rings (SSSR count). The van der Waals surface area contributed by atoms with E-state index < -0.39 is 0 Å². The van der Waals surface area contributed by atoms with Crippen LogP contribution < -0.4 is 0 Å². The van der Waals surface area contributed by atoms with Crippen molar-refractivity contribution in [1.82, 2.24) is 9.88 Å². The first kappa shape index (κ1) is 9.25. The first-order chi connectivity index (χ1) is 7.27. The number of aromatic amines is 1. The second kappa shape index (κ2) is 3.26. The summed E-state index contributed by atoms with van der Waals surface area (Å²) < 4.78 is 0. The van der Waals surface area contributed by atoms with Crippen LogP contribution in [-0.2, 0) is 6.42 Å². The Morgan fingerprint density at radius 2 is 2.20 bits per heavy atom. The van der Waals surface area contributed by atoms with Crippen molar-refractivity contribution in [3.8, 4) is 0 Å². The van der Waals surface area contributed by atoms with Crippen molar-refractivity contribution in [3.05, 3.63) is 35.5 Å². The van der Waals surface area contributed by atoms with Crippen LogP contribution in [0, 0.1) is 0 Å². The van der Waals surface area contributed by atoms with Crippen molar-refractivity contribution in [2.24, 2.45) is 0 Å². The lowest BCUT2D eigenvalue weighted by Crippen LogP contribution is -2.28. The second-order valence-electron chi connectivity index (χ2n) is 4.13. The van der Waals surface area contributed by atoms with Crippen LogP contribution in [0.2, 0.25) is 0 Å². The standard InChI is InChI=1S/C12H13ClN2/c1-15-7-6-10-11(12(15)13)8-4-2-3-5-9(8)14-10/h2-5,12,14H,6-7H2,1H3. The van der Waals surface area contributed by atoms with E-state index in [2.05, 4.69) is 41.2 Å². The molecule has 1 aliphatic heterocycles. The highest BCUT2D eigenvalue weighted by Gasteiger charge is 2.26. The third kappa shape index (κ3) is 1.29. The Morgan fingerprint density at radius 3 is 3.07 bits per heavy atom. The Kier molecular flexibility index (Phi) is 2.01. The topological polar surface area (TPSA) is 19.0 Å². The van der Waals surface area contributed by atoms with E-state index in [1.54, 1.807) is 0 Å². The lowest BCUT2D eigenvalue weighted by molar-refractivity contribution is 0.298. The minimum Gasteiger partial charge on any atom is -0.358 e. The number of likely N-dealkylation sites (N-methyl/N-ethyl adjacent to an activating group) is 1. The molecule has 1 unspecified atom stereocenters. The first-order valence-corrected chi connectivity index (χ1v) is 5.65. The van der Waals surface area contributed by atoms with E-state index in [0.717, 1.165) is 13.0 Å². The van der Waals surface area contributed by atoms with Crippen molar-refractivity contribution in [3.63, 3.8) is 0 Å². The Hall–Kier alpha value is -0.990. The summed E-state index contributed by atoms with van der Waals surface area (Å²) in [7, 11) is 2.07. The van der Waals surface area contributed by atoms with E-state index >= 15 is 0 Å². The van der Waals surface area contributed by atoms with E-state index in [1.165, 1.54) is 22.2 Å². The molecule has 0 bridgehead atoms. The van der Waals surface area contributed by atoms with Crippen LogP contribution in [-0.4, -0.2) is 23.5 Å². The molecule has 2 heterocycles. The molecule has 2 nitrogen and oxygen atoms in total. The highest BCUT2D eigenvalue weighted by atomic mass is 35.5. The molecule has 1 atom stereocenters. The summed E-state index contributed by atoms with van der Waals surface area (Å²) in [5, 5.41) is 1.26. The zero-order valence-electron chi connectivity index (χ0n) is 8.63. The average Bonchev–Trinajstić information content (AvgIpc) is 2.62. The van der Waals surface area contributed by atoms with Gasteiger partial charge in [0.05, 0.1) is 0 Å². The molecule has 0 amide bonds. The summed E-state index contributed by atoms with van der Waals surface area (Å²) in [6.07, 6.45) is 1.06. The summed E-state index contributed by atoms with van der Waals surface area (Å²) >= 11 is 6.42. The van der Waals surface area contributed by atoms with Crippen molar-refractivity contribution in [2.45, 2.75) is 11.9 Å². The molecule has 0 aliphatic carbocycles. The summed E-state index contributed by atoms with van der Waals surface area (Å²) in [6, 6.07) is 8.36. The van der Waals surface area contributed by atoms with Gasteiger partial charge in [-0.15, -0.1) is 11.6 Å². The maximum Gasteiger partial charge on any atom is 0.113 e. The van der Waals surface area contributed by atoms with Crippen LogP contribution in [0.5, 0.6) is 0 Å². The first-order valence-electron chi connectivity index (χ1n) is 5.21. The number of hydrogen-bond acceptors (Lipinski definition) is 1. The van der Waals surface area contributed by atoms with E-state index in [4.69, 9.17) is 11.6 Å². The molecule has 0 saturated heterocycles. The number of hydrogen-bond donors (Lipinski definition) is 1. The second-order valence-corrected chi connectivity index (χ2v) is 4.54. The number of nitrogens with one attached hydrogen (secondary N) is 1. The van der Waals surface area contributed by atoms with Gasteiger partial charge in [0.25, 0.3) is 0 Å². The Bertz CT molecular complexity index is 503. The molecule has 0 radical (unpaired) electrons. The molecule has 0 spiro atoms. The van der Waals surface area contributed by atoms with Gasteiger partial charge in [0, 0.05) is 35.1 Å². The van der Waals surface area contributed by atoms with Gasteiger partial charge in [-0.25, -0.2) is 0 Å². The van der Waals surface area contributed by atoms with Gasteiger partial charge < -0.3 is 4.98 Å². The van der Waals surface area contributed by atoms with Crippen LogP contribution >= 0.6 is 11.6 Å². The van der Waals surface area contributed by atoms with Crippen molar-refractivity contribution >= 4 is 22.5 Å². The number of benzene rings is 1. The Morgan fingerprint density at radius 1 is 1.40 bits per heavy atom. The number of rotatable bonds is 0. The maximum absolute atomic E-state index is 6.42. The van der Waals surface area contributed by atoms with E-state index in [-0.39, 0.29) is 5.50 Å². The minimum atomic E-state index is 0.00454. The van der Waals surface area contributed by atoms with Crippen molar-refractivity contribution < 1.29 is 0 Å². The van der Waals surface area contributed by atoms with Crippen LogP contribution in [0.3, 0.4) is 0 Å². The maximum atomic E-state index is 6.42. The van der Waals surface area contributed by atoms with Gasteiger partial charge in [0.1, 0.15) is 5.50 Å². The van der Waals surface area contributed by atoms with Gasteiger partial charge in [0.2, 0.25) is 0 Å². The number of para-hydroxylation sites is 1. The fourth-order valence-electron chi connectivity index (χ4n) is 2.31. The van der Waals surface area contributed by atoms with Gasteiger partial charge in [0.15, 0.2) is 0 Å². The Balaban J connectivity index is 2.29. The van der Waals surface area contributed by atoms with Crippen LogP contribution in [0.15, 0.2) is 24.3 Å². The molecule has 0 saturated carbocycles.